The Morgan fingerprint density at radius 2 is 2.10 bits per heavy atom. The molecule has 0 aliphatic heterocycles. The molecule has 0 saturated carbocycles. The Bertz CT molecular complexity index is 885. The molecule has 0 aliphatic rings. The summed E-state index contributed by atoms with van der Waals surface area (Å²) in [6.45, 7) is 9.51. The molecular formula is C20H27N5O3S. The largest absolute Gasteiger partial charge is 0.442 e. The number of hydrogen-bond acceptors (Lipinski definition) is 8. The highest BCUT2D eigenvalue weighted by molar-refractivity contribution is 7.10. The number of anilines is 3. The van der Waals surface area contributed by atoms with Crippen LogP contribution in [0, 0.1) is 18.3 Å². The van der Waals surface area contributed by atoms with Crippen molar-refractivity contribution in [3.05, 3.63) is 35.5 Å². The van der Waals surface area contributed by atoms with Crippen LogP contribution < -0.4 is 10.7 Å². The number of aromatic nitrogens is 1. The van der Waals surface area contributed by atoms with E-state index in [4.69, 9.17) is 9.47 Å². The van der Waals surface area contributed by atoms with Gasteiger partial charge in [-0.2, -0.15) is 9.64 Å². The zero-order chi connectivity index (χ0) is 21.6. The second-order valence-corrected chi connectivity index (χ2v) is 8.40. The minimum atomic E-state index is -0.634. The third-order valence-electron chi connectivity index (χ3n) is 3.71. The van der Waals surface area contributed by atoms with Crippen molar-refractivity contribution in [1.82, 2.24) is 9.38 Å². The first-order valence-electron chi connectivity index (χ1n) is 9.15. The van der Waals surface area contributed by atoms with Gasteiger partial charge < -0.3 is 14.8 Å². The molecule has 1 amide bonds. The van der Waals surface area contributed by atoms with E-state index in [9.17, 15) is 10.1 Å². The van der Waals surface area contributed by atoms with Crippen molar-refractivity contribution in [3.63, 3.8) is 0 Å². The van der Waals surface area contributed by atoms with Crippen LogP contribution in [-0.4, -0.2) is 40.8 Å². The third kappa shape index (κ3) is 6.62. The predicted octanol–water partition coefficient (Wildman–Crippen LogP) is 4.67. The fourth-order valence-corrected chi connectivity index (χ4v) is 3.15. The summed E-state index contributed by atoms with van der Waals surface area (Å²) in [7, 11) is 1.57. The number of hydrazine groups is 1. The third-order valence-corrected chi connectivity index (χ3v) is 4.51. The Kier molecular flexibility index (Phi) is 7.42. The van der Waals surface area contributed by atoms with E-state index in [0.717, 1.165) is 10.7 Å². The van der Waals surface area contributed by atoms with E-state index in [-0.39, 0.29) is 6.04 Å². The molecule has 1 aromatic heterocycles. The van der Waals surface area contributed by atoms with Crippen LogP contribution in [0.3, 0.4) is 0 Å². The van der Waals surface area contributed by atoms with Gasteiger partial charge in [0.15, 0.2) is 0 Å². The van der Waals surface area contributed by atoms with E-state index in [1.165, 1.54) is 16.5 Å². The zero-order valence-electron chi connectivity index (χ0n) is 17.6. The summed E-state index contributed by atoms with van der Waals surface area (Å²) < 4.78 is 14.9. The van der Waals surface area contributed by atoms with E-state index in [0.29, 0.717) is 23.5 Å². The normalized spacial score (nSPS) is 12.0. The number of methoxy groups -OCH3 is 1. The molecule has 0 saturated heterocycles. The maximum absolute atomic E-state index is 12.7. The average Bonchev–Trinajstić information content (AvgIpc) is 3.03. The summed E-state index contributed by atoms with van der Waals surface area (Å²) in [6.07, 6.45) is -0.515. The minimum absolute atomic E-state index is 0.286. The molecular weight excluding hydrogens is 390 g/mol. The lowest BCUT2D eigenvalue weighted by molar-refractivity contribution is 0.0151. The van der Waals surface area contributed by atoms with Gasteiger partial charge in [-0.3, -0.25) is 5.43 Å². The molecule has 2 N–H and O–H groups in total. The number of aryl methyl sites for hydroxylation is 1. The van der Waals surface area contributed by atoms with Crippen LogP contribution in [0.5, 0.6) is 0 Å². The van der Waals surface area contributed by atoms with Crippen molar-refractivity contribution in [2.75, 3.05) is 24.5 Å². The van der Waals surface area contributed by atoms with Crippen LogP contribution in [0.25, 0.3) is 0 Å². The van der Waals surface area contributed by atoms with Gasteiger partial charge in [0, 0.05) is 7.11 Å². The van der Waals surface area contributed by atoms with Gasteiger partial charge in [-0.25, -0.2) is 9.80 Å². The Labute approximate surface area is 175 Å². The molecule has 8 nitrogen and oxygen atoms in total. The first kappa shape index (κ1) is 22.5. The van der Waals surface area contributed by atoms with Crippen molar-refractivity contribution in [1.29, 1.82) is 5.26 Å². The number of amides is 1. The van der Waals surface area contributed by atoms with Gasteiger partial charge in [-0.1, -0.05) is 0 Å². The van der Waals surface area contributed by atoms with Gasteiger partial charge in [0.25, 0.3) is 0 Å². The fraction of sp³-hybridized carbons (Fsp3) is 0.450. The number of nitrogens with zero attached hydrogens (tertiary/aromatic N) is 3. The van der Waals surface area contributed by atoms with E-state index >= 15 is 0 Å². The molecule has 2 aromatic rings. The maximum atomic E-state index is 12.7. The van der Waals surface area contributed by atoms with E-state index in [1.54, 1.807) is 25.3 Å². The summed E-state index contributed by atoms with van der Waals surface area (Å²) in [6, 6.07) is 8.98. The standard InChI is InChI=1S/C20H27N5O3S/c1-13-9-18(29-24-13)22-17-10-16(8-7-15(17)11-21)23-25(14(2)12-27-6)19(26)28-20(3,4)5/h7-10,14,22-23H,12H2,1-6H3/t14-/m1/s1. The van der Waals surface area contributed by atoms with Crippen molar-refractivity contribution < 1.29 is 14.3 Å². The molecule has 0 unspecified atom stereocenters. The topological polar surface area (TPSA) is 99.5 Å². The summed E-state index contributed by atoms with van der Waals surface area (Å²) in [5, 5.41) is 14.9. The van der Waals surface area contributed by atoms with Gasteiger partial charge in [0.2, 0.25) is 0 Å². The van der Waals surface area contributed by atoms with Gasteiger partial charge in [0.05, 0.1) is 35.3 Å². The Balaban J connectivity index is 2.28. The highest BCUT2D eigenvalue weighted by Crippen LogP contribution is 2.27. The van der Waals surface area contributed by atoms with Crippen molar-refractivity contribution in [3.8, 4) is 6.07 Å². The Morgan fingerprint density at radius 1 is 1.38 bits per heavy atom. The maximum Gasteiger partial charge on any atom is 0.429 e. The number of ether oxygens (including phenoxy) is 2. The molecule has 0 bridgehead atoms. The molecule has 29 heavy (non-hydrogen) atoms. The number of nitrogens with one attached hydrogen (secondary N) is 2. The monoisotopic (exact) mass is 417 g/mol. The summed E-state index contributed by atoms with van der Waals surface area (Å²) in [4.78, 5) is 12.7. The van der Waals surface area contributed by atoms with Gasteiger partial charge in [0.1, 0.15) is 16.7 Å². The molecule has 0 aliphatic carbocycles. The molecule has 2 rings (SSSR count). The summed E-state index contributed by atoms with van der Waals surface area (Å²) in [5.41, 5.74) is 5.07. The van der Waals surface area contributed by atoms with Crippen molar-refractivity contribution in [2.24, 2.45) is 0 Å². The quantitative estimate of drug-likeness (QED) is 0.632. The molecule has 1 heterocycles. The van der Waals surface area contributed by atoms with Crippen molar-refractivity contribution >= 4 is 34.0 Å². The molecule has 1 aromatic carbocycles. The van der Waals surface area contributed by atoms with Crippen LogP contribution in [0.15, 0.2) is 24.3 Å². The highest BCUT2D eigenvalue weighted by atomic mass is 32.1. The predicted molar refractivity (Wildman–Crippen MR) is 114 cm³/mol. The average molecular weight is 418 g/mol. The molecule has 156 valence electrons. The number of benzene rings is 1. The lowest BCUT2D eigenvalue weighted by Crippen LogP contribution is -2.47. The number of nitriles is 1. The first-order chi connectivity index (χ1) is 13.6. The van der Waals surface area contributed by atoms with E-state index in [1.807, 2.05) is 40.7 Å². The number of carbonyl (C=O) groups is 1. The summed E-state index contributed by atoms with van der Waals surface area (Å²) in [5.74, 6) is 0. The molecule has 9 heteroatoms. The summed E-state index contributed by atoms with van der Waals surface area (Å²) >= 11 is 1.31. The van der Waals surface area contributed by atoms with Gasteiger partial charge in [-0.05, 0) is 70.4 Å². The van der Waals surface area contributed by atoms with Gasteiger partial charge in [-0.15, -0.1) is 0 Å². The van der Waals surface area contributed by atoms with E-state index < -0.39 is 11.7 Å². The van der Waals surface area contributed by atoms with E-state index in [2.05, 4.69) is 21.2 Å². The van der Waals surface area contributed by atoms with Crippen LogP contribution in [0.4, 0.5) is 21.2 Å². The SMILES string of the molecule is COC[C@@H](C)N(Nc1ccc(C#N)c(Nc2cc(C)ns2)c1)C(=O)OC(C)(C)C. The first-order valence-corrected chi connectivity index (χ1v) is 9.92. The van der Waals surface area contributed by atoms with Crippen LogP contribution in [-0.2, 0) is 9.47 Å². The second-order valence-electron chi connectivity index (χ2n) is 7.60. The molecule has 0 fully saturated rings. The minimum Gasteiger partial charge on any atom is -0.442 e. The Hall–Kier alpha value is -2.83. The lowest BCUT2D eigenvalue weighted by atomic mass is 10.1. The fourth-order valence-electron chi connectivity index (χ4n) is 2.47. The number of hydrogen-bond donors (Lipinski definition) is 2. The van der Waals surface area contributed by atoms with Crippen LogP contribution in [0.1, 0.15) is 39.0 Å². The highest BCUT2D eigenvalue weighted by Gasteiger charge is 2.26. The second kappa shape index (κ2) is 9.58. The van der Waals surface area contributed by atoms with Crippen molar-refractivity contribution in [2.45, 2.75) is 46.3 Å². The zero-order valence-corrected chi connectivity index (χ0v) is 18.4. The number of carbonyl (C=O) groups excluding carboxylic acids is 1. The molecule has 0 radical (unpaired) electrons. The van der Waals surface area contributed by atoms with Gasteiger partial charge >= 0.3 is 6.09 Å². The number of rotatable bonds is 7. The molecule has 0 spiro atoms. The molecule has 1 atom stereocenters. The van der Waals surface area contributed by atoms with Crippen LogP contribution in [0.2, 0.25) is 0 Å². The Morgan fingerprint density at radius 3 is 2.66 bits per heavy atom. The lowest BCUT2D eigenvalue weighted by Gasteiger charge is -2.32. The smallest absolute Gasteiger partial charge is 0.429 e. The van der Waals surface area contributed by atoms with Crippen LogP contribution >= 0.6 is 11.5 Å².